The Hall–Kier alpha value is -0.370. The van der Waals surface area contributed by atoms with E-state index in [0.29, 0.717) is 11.2 Å². The molecule has 0 aromatic heterocycles. The summed E-state index contributed by atoms with van der Waals surface area (Å²) in [6.45, 7) is 7.39. The molecule has 2 aliphatic rings. The van der Waals surface area contributed by atoms with Crippen LogP contribution >= 0.6 is 0 Å². The minimum atomic E-state index is 0.156. The van der Waals surface area contributed by atoms with Crippen LogP contribution in [-0.4, -0.2) is 18.4 Å². The molecule has 80 valence electrons. The van der Waals surface area contributed by atoms with Crippen molar-refractivity contribution in [2.45, 2.75) is 46.1 Å². The first-order chi connectivity index (χ1) is 6.52. The van der Waals surface area contributed by atoms with Gasteiger partial charge in [0.15, 0.2) is 0 Å². The number of carbonyl (C=O) groups excluding carboxylic acids is 1. The zero-order valence-corrected chi connectivity index (χ0v) is 9.47. The SMILES string of the molecule is CC(=O)C1CC2(CN1)CC(C(C)C)C2. The molecule has 1 saturated carbocycles. The molecule has 14 heavy (non-hydrogen) atoms. The molecule has 0 aromatic rings. The summed E-state index contributed by atoms with van der Waals surface area (Å²) in [5.41, 5.74) is 0.491. The predicted molar refractivity (Wildman–Crippen MR) is 57.1 cm³/mol. The number of rotatable bonds is 2. The normalized spacial score (nSPS) is 41.7. The maximum absolute atomic E-state index is 11.2. The minimum absolute atomic E-state index is 0.156. The molecule has 1 aliphatic carbocycles. The largest absolute Gasteiger partial charge is 0.307 e. The molecule has 2 nitrogen and oxygen atoms in total. The lowest BCUT2D eigenvalue weighted by atomic mass is 9.58. The molecule has 0 radical (unpaired) electrons. The molecule has 1 atom stereocenters. The van der Waals surface area contributed by atoms with Gasteiger partial charge < -0.3 is 5.32 Å². The highest BCUT2D eigenvalue weighted by atomic mass is 16.1. The van der Waals surface area contributed by atoms with Crippen LogP contribution in [0.3, 0.4) is 0 Å². The van der Waals surface area contributed by atoms with Gasteiger partial charge in [-0.2, -0.15) is 0 Å². The first-order valence-corrected chi connectivity index (χ1v) is 5.76. The lowest BCUT2D eigenvalue weighted by Crippen LogP contribution is -2.41. The summed E-state index contributed by atoms with van der Waals surface area (Å²) < 4.78 is 0. The fourth-order valence-corrected chi connectivity index (χ4v) is 3.04. The smallest absolute Gasteiger partial charge is 0.146 e. The average molecular weight is 195 g/mol. The van der Waals surface area contributed by atoms with Crippen LogP contribution in [0.4, 0.5) is 0 Å². The molecule has 1 heterocycles. The van der Waals surface area contributed by atoms with Gasteiger partial charge in [0.05, 0.1) is 6.04 Å². The van der Waals surface area contributed by atoms with E-state index in [2.05, 4.69) is 19.2 Å². The third-order valence-electron chi connectivity index (χ3n) is 4.18. The van der Waals surface area contributed by atoms with Gasteiger partial charge in [-0.15, -0.1) is 0 Å². The van der Waals surface area contributed by atoms with Crippen LogP contribution in [0.15, 0.2) is 0 Å². The van der Waals surface area contributed by atoms with Crippen LogP contribution in [-0.2, 0) is 4.79 Å². The van der Waals surface area contributed by atoms with E-state index in [1.807, 2.05) is 0 Å². The van der Waals surface area contributed by atoms with Crippen molar-refractivity contribution in [2.75, 3.05) is 6.54 Å². The van der Waals surface area contributed by atoms with Gasteiger partial charge in [-0.25, -0.2) is 0 Å². The second kappa shape index (κ2) is 3.34. The summed E-state index contributed by atoms with van der Waals surface area (Å²) in [4.78, 5) is 11.2. The summed E-state index contributed by atoms with van der Waals surface area (Å²) in [5.74, 6) is 2.04. The molecular formula is C12H21NO. The minimum Gasteiger partial charge on any atom is -0.307 e. The Labute approximate surface area is 86.5 Å². The summed E-state index contributed by atoms with van der Waals surface area (Å²) >= 11 is 0. The van der Waals surface area contributed by atoms with Crippen LogP contribution < -0.4 is 5.32 Å². The first kappa shape index (κ1) is 10.2. The highest BCUT2D eigenvalue weighted by molar-refractivity contribution is 5.81. The van der Waals surface area contributed by atoms with Crippen LogP contribution in [0.5, 0.6) is 0 Å². The number of hydrogen-bond acceptors (Lipinski definition) is 2. The number of ketones is 1. The molecule has 2 heteroatoms. The Kier molecular flexibility index (Phi) is 2.42. The topological polar surface area (TPSA) is 29.1 Å². The van der Waals surface area contributed by atoms with E-state index >= 15 is 0 Å². The van der Waals surface area contributed by atoms with Crippen molar-refractivity contribution in [3.63, 3.8) is 0 Å². The van der Waals surface area contributed by atoms with Crippen LogP contribution in [0.2, 0.25) is 0 Å². The predicted octanol–water partition coefficient (Wildman–Crippen LogP) is 1.99. The quantitative estimate of drug-likeness (QED) is 0.730. The Morgan fingerprint density at radius 2 is 2.00 bits per heavy atom. The molecule has 1 spiro atoms. The Balaban J connectivity index is 1.88. The number of carbonyl (C=O) groups is 1. The molecular weight excluding hydrogens is 174 g/mol. The van der Waals surface area contributed by atoms with Crippen molar-refractivity contribution in [3.8, 4) is 0 Å². The van der Waals surface area contributed by atoms with Crippen LogP contribution in [0, 0.1) is 17.3 Å². The average Bonchev–Trinajstić information content (AvgIpc) is 2.44. The van der Waals surface area contributed by atoms with E-state index in [1.165, 1.54) is 12.8 Å². The van der Waals surface area contributed by atoms with E-state index in [1.54, 1.807) is 6.92 Å². The van der Waals surface area contributed by atoms with Gasteiger partial charge in [0.2, 0.25) is 0 Å². The lowest BCUT2D eigenvalue weighted by molar-refractivity contribution is -0.119. The third-order valence-corrected chi connectivity index (χ3v) is 4.18. The van der Waals surface area contributed by atoms with Gasteiger partial charge in [-0.1, -0.05) is 13.8 Å². The van der Waals surface area contributed by atoms with Crippen molar-refractivity contribution in [1.82, 2.24) is 5.32 Å². The second-order valence-electron chi connectivity index (χ2n) is 5.66. The van der Waals surface area contributed by atoms with Gasteiger partial charge in [-0.05, 0) is 43.4 Å². The maximum atomic E-state index is 11.2. The fraction of sp³-hybridized carbons (Fsp3) is 0.917. The lowest BCUT2D eigenvalue weighted by Gasteiger charge is -2.47. The molecule has 1 N–H and O–H groups in total. The molecule has 0 aromatic carbocycles. The van der Waals surface area contributed by atoms with Crippen molar-refractivity contribution < 1.29 is 4.79 Å². The molecule has 1 saturated heterocycles. The number of nitrogens with one attached hydrogen (secondary N) is 1. The summed E-state index contributed by atoms with van der Waals surface area (Å²) in [6.07, 6.45) is 3.76. The van der Waals surface area contributed by atoms with E-state index in [4.69, 9.17) is 0 Å². The van der Waals surface area contributed by atoms with Crippen LogP contribution in [0.1, 0.15) is 40.0 Å². The monoisotopic (exact) mass is 195 g/mol. The number of Topliss-reactive ketones (excluding diaryl/α,β-unsaturated/α-hetero) is 1. The molecule has 1 unspecified atom stereocenters. The highest BCUT2D eigenvalue weighted by Gasteiger charge is 2.50. The first-order valence-electron chi connectivity index (χ1n) is 5.76. The molecule has 0 amide bonds. The van der Waals surface area contributed by atoms with E-state index < -0.39 is 0 Å². The Morgan fingerprint density at radius 1 is 1.36 bits per heavy atom. The van der Waals surface area contributed by atoms with Crippen molar-refractivity contribution in [3.05, 3.63) is 0 Å². The zero-order chi connectivity index (χ0) is 10.3. The van der Waals surface area contributed by atoms with Gasteiger partial charge in [-0.3, -0.25) is 4.79 Å². The van der Waals surface area contributed by atoms with Gasteiger partial charge in [0, 0.05) is 6.54 Å². The summed E-state index contributed by atoms with van der Waals surface area (Å²) in [7, 11) is 0. The van der Waals surface area contributed by atoms with Crippen molar-refractivity contribution in [2.24, 2.45) is 17.3 Å². The Bertz CT molecular complexity index is 241. The standard InChI is InChI=1S/C12H21NO/c1-8(2)10-4-12(5-10)6-11(9(3)14)13-7-12/h8,10-11,13H,4-7H2,1-3H3. The molecule has 2 fully saturated rings. The van der Waals surface area contributed by atoms with Gasteiger partial charge in [0.1, 0.15) is 5.78 Å². The third kappa shape index (κ3) is 1.60. The van der Waals surface area contributed by atoms with Crippen LogP contribution in [0.25, 0.3) is 0 Å². The Morgan fingerprint density at radius 3 is 2.43 bits per heavy atom. The fourth-order valence-electron chi connectivity index (χ4n) is 3.04. The summed E-state index contributed by atoms with van der Waals surface area (Å²) in [6, 6.07) is 0.156. The summed E-state index contributed by atoms with van der Waals surface area (Å²) in [5, 5.41) is 3.36. The van der Waals surface area contributed by atoms with E-state index in [0.717, 1.165) is 24.8 Å². The van der Waals surface area contributed by atoms with Gasteiger partial charge in [0.25, 0.3) is 0 Å². The van der Waals surface area contributed by atoms with E-state index in [-0.39, 0.29) is 6.04 Å². The highest BCUT2D eigenvalue weighted by Crippen LogP contribution is 2.53. The van der Waals surface area contributed by atoms with Crippen molar-refractivity contribution >= 4 is 5.78 Å². The molecule has 1 aliphatic heterocycles. The molecule has 2 rings (SSSR count). The van der Waals surface area contributed by atoms with Crippen molar-refractivity contribution in [1.29, 1.82) is 0 Å². The van der Waals surface area contributed by atoms with E-state index in [9.17, 15) is 4.79 Å². The zero-order valence-electron chi connectivity index (χ0n) is 9.47. The number of hydrogen-bond donors (Lipinski definition) is 1. The maximum Gasteiger partial charge on any atom is 0.146 e. The second-order valence-corrected chi connectivity index (χ2v) is 5.66. The van der Waals surface area contributed by atoms with Gasteiger partial charge >= 0.3 is 0 Å². The molecule has 0 bridgehead atoms.